The minimum Gasteiger partial charge on any atom is -0.321 e. The maximum atomic E-state index is 15.3. The van der Waals surface area contributed by atoms with Crippen molar-refractivity contribution in [1.82, 2.24) is 0 Å². The standard InChI is InChI=1S/C25H14BrF11N2O2/c1-39(21(41)12-6-3-2-4-7-12)17-9-5-8-14(18(17)27)20(40)38-19-15(10-13(26)11-16(19)23(29,30)31)22(28,24(32,33)34)25(35,36)37/h2-11H,1H3,(H,38,40). The summed E-state index contributed by atoms with van der Waals surface area (Å²) in [6.07, 6.45) is -19.4. The van der Waals surface area contributed by atoms with Gasteiger partial charge in [0.05, 0.1) is 22.5 Å². The van der Waals surface area contributed by atoms with Crippen molar-refractivity contribution in [3.05, 3.63) is 93.2 Å². The second-order valence-corrected chi connectivity index (χ2v) is 9.27. The van der Waals surface area contributed by atoms with Crippen LogP contribution in [0, 0.1) is 5.82 Å². The summed E-state index contributed by atoms with van der Waals surface area (Å²) in [5.41, 5.74) is -15.3. The van der Waals surface area contributed by atoms with E-state index < -0.39 is 74.4 Å². The Bertz CT molecular complexity index is 1460. The molecular weight excluding hydrogens is 649 g/mol. The number of alkyl halides is 10. The molecule has 0 fully saturated rings. The van der Waals surface area contributed by atoms with E-state index in [-0.39, 0.29) is 17.7 Å². The molecule has 220 valence electrons. The number of nitrogens with zero attached hydrogens (tertiary/aromatic N) is 1. The van der Waals surface area contributed by atoms with Crippen LogP contribution >= 0.6 is 15.9 Å². The van der Waals surface area contributed by atoms with Gasteiger partial charge in [-0.05, 0) is 36.4 Å². The van der Waals surface area contributed by atoms with Crippen LogP contribution < -0.4 is 10.2 Å². The van der Waals surface area contributed by atoms with Gasteiger partial charge in [-0.2, -0.15) is 39.5 Å². The highest BCUT2D eigenvalue weighted by Crippen LogP contribution is 2.57. The Morgan fingerprint density at radius 1 is 0.780 bits per heavy atom. The second kappa shape index (κ2) is 10.9. The van der Waals surface area contributed by atoms with Crippen LogP contribution in [0.1, 0.15) is 31.8 Å². The van der Waals surface area contributed by atoms with E-state index in [1.54, 1.807) is 6.07 Å². The van der Waals surface area contributed by atoms with Gasteiger partial charge in [0.1, 0.15) is 0 Å². The van der Waals surface area contributed by atoms with Gasteiger partial charge in [0, 0.05) is 22.6 Å². The molecule has 3 aromatic carbocycles. The lowest BCUT2D eigenvalue weighted by Crippen LogP contribution is -2.51. The monoisotopic (exact) mass is 662 g/mol. The van der Waals surface area contributed by atoms with Crippen molar-refractivity contribution < 1.29 is 57.9 Å². The van der Waals surface area contributed by atoms with Crippen molar-refractivity contribution in [2.75, 3.05) is 17.3 Å². The summed E-state index contributed by atoms with van der Waals surface area (Å²) in [5, 5.41) is 1.18. The SMILES string of the molecule is CN(C(=O)c1ccccc1)c1cccc(C(=O)Nc2c(C(F)(F)F)cc(Br)cc2C(F)(C(F)(F)F)C(F)(F)F)c1F. The fourth-order valence-electron chi connectivity index (χ4n) is 3.72. The van der Waals surface area contributed by atoms with Gasteiger partial charge in [-0.3, -0.25) is 9.59 Å². The summed E-state index contributed by atoms with van der Waals surface area (Å²) in [7, 11) is 1.06. The molecule has 2 amide bonds. The Kier molecular flexibility index (Phi) is 8.50. The second-order valence-electron chi connectivity index (χ2n) is 8.35. The number of carbonyl (C=O) groups is 2. The van der Waals surface area contributed by atoms with E-state index in [9.17, 15) is 53.5 Å². The van der Waals surface area contributed by atoms with Crippen LogP contribution in [0.2, 0.25) is 0 Å². The normalized spacial score (nSPS) is 12.7. The average Bonchev–Trinajstić information content (AvgIpc) is 2.86. The van der Waals surface area contributed by atoms with E-state index in [1.807, 2.05) is 0 Å². The molecule has 0 aliphatic heterocycles. The molecule has 0 spiro atoms. The zero-order valence-electron chi connectivity index (χ0n) is 20.1. The van der Waals surface area contributed by atoms with Crippen molar-refractivity contribution in [1.29, 1.82) is 0 Å². The number of nitrogens with one attached hydrogen (secondary N) is 1. The molecule has 0 saturated carbocycles. The zero-order valence-corrected chi connectivity index (χ0v) is 21.7. The van der Waals surface area contributed by atoms with Crippen molar-refractivity contribution in [2.24, 2.45) is 0 Å². The number of benzene rings is 3. The molecule has 0 aliphatic carbocycles. The van der Waals surface area contributed by atoms with Gasteiger partial charge in [0.15, 0.2) is 5.82 Å². The fraction of sp³-hybridized carbons (Fsp3) is 0.200. The summed E-state index contributed by atoms with van der Waals surface area (Å²) >= 11 is 2.34. The molecule has 0 heterocycles. The summed E-state index contributed by atoms with van der Waals surface area (Å²) in [5.74, 6) is -4.35. The lowest BCUT2D eigenvalue weighted by atomic mass is 9.90. The van der Waals surface area contributed by atoms with E-state index in [4.69, 9.17) is 0 Å². The molecule has 3 aromatic rings. The molecule has 41 heavy (non-hydrogen) atoms. The summed E-state index contributed by atoms with van der Waals surface area (Å²) in [4.78, 5) is 26.2. The first kappa shape index (κ1) is 31.8. The highest BCUT2D eigenvalue weighted by molar-refractivity contribution is 9.10. The summed E-state index contributed by atoms with van der Waals surface area (Å²) in [6, 6.07) is 9.55. The predicted molar refractivity (Wildman–Crippen MR) is 128 cm³/mol. The molecule has 0 saturated heterocycles. The molecule has 0 aromatic heterocycles. The molecule has 16 heteroatoms. The first-order chi connectivity index (χ1) is 18.7. The Morgan fingerprint density at radius 2 is 1.32 bits per heavy atom. The van der Waals surface area contributed by atoms with Crippen molar-refractivity contribution >= 4 is 39.1 Å². The van der Waals surface area contributed by atoms with Crippen LogP contribution in [-0.2, 0) is 11.8 Å². The van der Waals surface area contributed by atoms with Crippen LogP contribution in [-0.4, -0.2) is 31.2 Å². The quantitative estimate of drug-likeness (QED) is 0.279. The first-order valence-electron chi connectivity index (χ1n) is 10.9. The van der Waals surface area contributed by atoms with Gasteiger partial charge < -0.3 is 10.2 Å². The molecule has 3 rings (SSSR count). The number of carbonyl (C=O) groups excluding carboxylic acids is 2. The van der Waals surface area contributed by atoms with Gasteiger partial charge in [-0.15, -0.1) is 0 Å². The van der Waals surface area contributed by atoms with E-state index >= 15 is 4.39 Å². The van der Waals surface area contributed by atoms with Crippen LogP contribution in [0.15, 0.2) is 65.1 Å². The third-order valence-electron chi connectivity index (χ3n) is 5.71. The zero-order chi connectivity index (χ0) is 31.1. The van der Waals surface area contributed by atoms with Crippen LogP contribution in [0.5, 0.6) is 0 Å². The Hall–Kier alpha value is -3.69. The number of rotatable bonds is 5. The topological polar surface area (TPSA) is 49.4 Å². The van der Waals surface area contributed by atoms with Crippen LogP contribution in [0.4, 0.5) is 59.7 Å². The first-order valence-corrected chi connectivity index (χ1v) is 11.7. The third-order valence-corrected chi connectivity index (χ3v) is 6.17. The molecule has 0 unspecified atom stereocenters. The van der Waals surface area contributed by atoms with Gasteiger partial charge in [-0.1, -0.05) is 40.2 Å². The van der Waals surface area contributed by atoms with Gasteiger partial charge in [0.25, 0.3) is 11.8 Å². The number of anilines is 2. The molecular formula is C25H14BrF11N2O2. The van der Waals surface area contributed by atoms with E-state index in [2.05, 4.69) is 15.9 Å². The molecule has 1 N–H and O–H groups in total. The average molecular weight is 663 g/mol. The summed E-state index contributed by atoms with van der Waals surface area (Å²) < 4.78 is 152. The largest absolute Gasteiger partial charge is 0.436 e. The molecule has 0 aliphatic rings. The Labute approximate surface area is 231 Å². The number of hydrogen-bond donors (Lipinski definition) is 1. The smallest absolute Gasteiger partial charge is 0.321 e. The molecule has 0 radical (unpaired) electrons. The maximum absolute atomic E-state index is 15.3. The van der Waals surface area contributed by atoms with E-state index in [1.165, 1.54) is 29.6 Å². The van der Waals surface area contributed by atoms with Crippen LogP contribution in [0.25, 0.3) is 0 Å². The Morgan fingerprint density at radius 3 is 1.83 bits per heavy atom. The van der Waals surface area contributed by atoms with Gasteiger partial charge in [0.2, 0.25) is 0 Å². The van der Waals surface area contributed by atoms with E-state index in [0.717, 1.165) is 19.2 Å². The minimum absolute atomic E-state index is 0.00532. The van der Waals surface area contributed by atoms with Crippen molar-refractivity contribution in [3.8, 4) is 0 Å². The maximum Gasteiger partial charge on any atom is 0.436 e. The highest BCUT2D eigenvalue weighted by atomic mass is 79.9. The van der Waals surface area contributed by atoms with Gasteiger partial charge >= 0.3 is 24.2 Å². The molecule has 0 bridgehead atoms. The van der Waals surface area contributed by atoms with Crippen molar-refractivity contribution in [3.63, 3.8) is 0 Å². The van der Waals surface area contributed by atoms with Gasteiger partial charge in [-0.25, -0.2) is 8.78 Å². The predicted octanol–water partition coefficient (Wildman–Crippen LogP) is 8.43. The lowest BCUT2D eigenvalue weighted by Gasteiger charge is -2.33. The highest BCUT2D eigenvalue weighted by Gasteiger charge is 2.74. The summed E-state index contributed by atoms with van der Waals surface area (Å²) in [6.45, 7) is 0. The van der Waals surface area contributed by atoms with E-state index in [0.29, 0.717) is 11.0 Å². The molecule has 4 nitrogen and oxygen atoms in total. The number of amides is 2. The minimum atomic E-state index is -6.85. The Balaban J connectivity index is 2.19. The fourth-order valence-corrected chi connectivity index (χ4v) is 4.18. The van der Waals surface area contributed by atoms with Crippen molar-refractivity contribution in [2.45, 2.75) is 24.2 Å². The number of hydrogen-bond acceptors (Lipinski definition) is 2. The lowest BCUT2D eigenvalue weighted by molar-refractivity contribution is -0.348. The molecule has 0 atom stereocenters. The number of halogens is 12. The third kappa shape index (κ3) is 6.01. The van der Waals surface area contributed by atoms with Crippen LogP contribution in [0.3, 0.4) is 0 Å².